The molecule has 22 heavy (non-hydrogen) atoms. The first-order valence-corrected chi connectivity index (χ1v) is 7.03. The number of nitro benzene ring substituents is 1. The van der Waals surface area contributed by atoms with Gasteiger partial charge in [0.2, 0.25) is 0 Å². The fourth-order valence-corrected chi connectivity index (χ4v) is 2.42. The Bertz CT molecular complexity index is 717. The molecule has 0 amide bonds. The largest absolute Gasteiger partial charge is 0.496 e. The zero-order valence-corrected chi connectivity index (χ0v) is 13.2. The van der Waals surface area contributed by atoms with Crippen molar-refractivity contribution in [3.05, 3.63) is 62.1 Å². The highest BCUT2D eigenvalue weighted by molar-refractivity contribution is 9.10. The van der Waals surface area contributed by atoms with E-state index in [1.807, 2.05) is 6.07 Å². The topological polar surface area (TPSA) is 78.7 Å². The standard InChI is InChI=1S/C15H12BrNO5/c1-21-14-4-3-11(6-12(14)16)9-22-15-5-2-10(8-18)7-13(15)17(19)20/h2-8H,9H2,1H3. The number of rotatable bonds is 6. The molecule has 0 saturated carbocycles. The van der Waals surface area contributed by atoms with Crippen LogP contribution in [0.1, 0.15) is 15.9 Å². The van der Waals surface area contributed by atoms with Gasteiger partial charge in [-0.25, -0.2) is 0 Å². The van der Waals surface area contributed by atoms with Crippen LogP contribution in [-0.4, -0.2) is 18.3 Å². The van der Waals surface area contributed by atoms with Crippen molar-refractivity contribution in [3.63, 3.8) is 0 Å². The first-order valence-electron chi connectivity index (χ1n) is 6.24. The Hall–Kier alpha value is -2.41. The van der Waals surface area contributed by atoms with Gasteiger partial charge >= 0.3 is 5.69 Å². The molecule has 2 aromatic carbocycles. The van der Waals surface area contributed by atoms with Gasteiger partial charge in [-0.05, 0) is 45.8 Å². The molecular formula is C15H12BrNO5. The zero-order chi connectivity index (χ0) is 16.1. The Kier molecular flexibility index (Phi) is 5.11. The lowest BCUT2D eigenvalue weighted by molar-refractivity contribution is -0.386. The van der Waals surface area contributed by atoms with Crippen molar-refractivity contribution in [3.8, 4) is 11.5 Å². The lowest BCUT2D eigenvalue weighted by Crippen LogP contribution is -2.00. The van der Waals surface area contributed by atoms with E-state index >= 15 is 0 Å². The minimum atomic E-state index is -0.577. The summed E-state index contributed by atoms with van der Waals surface area (Å²) in [6, 6.07) is 9.46. The van der Waals surface area contributed by atoms with Crippen LogP contribution in [0.25, 0.3) is 0 Å². The molecule has 0 aromatic heterocycles. The Morgan fingerprint density at radius 3 is 2.55 bits per heavy atom. The van der Waals surface area contributed by atoms with E-state index in [2.05, 4.69) is 15.9 Å². The molecule has 0 heterocycles. The van der Waals surface area contributed by atoms with Crippen molar-refractivity contribution in [1.82, 2.24) is 0 Å². The summed E-state index contributed by atoms with van der Waals surface area (Å²) in [4.78, 5) is 21.1. The van der Waals surface area contributed by atoms with Crippen LogP contribution in [0.5, 0.6) is 11.5 Å². The molecule has 0 aliphatic carbocycles. The van der Waals surface area contributed by atoms with E-state index in [-0.39, 0.29) is 23.6 Å². The molecule has 0 atom stereocenters. The minimum Gasteiger partial charge on any atom is -0.496 e. The Morgan fingerprint density at radius 2 is 1.95 bits per heavy atom. The predicted octanol–water partition coefficient (Wildman–Crippen LogP) is 3.76. The number of nitro groups is 1. The van der Waals surface area contributed by atoms with Crippen LogP contribution in [0.3, 0.4) is 0 Å². The van der Waals surface area contributed by atoms with E-state index in [0.29, 0.717) is 12.0 Å². The molecule has 0 radical (unpaired) electrons. The van der Waals surface area contributed by atoms with E-state index in [9.17, 15) is 14.9 Å². The molecule has 6 nitrogen and oxygen atoms in total. The van der Waals surface area contributed by atoms with Crippen molar-refractivity contribution >= 4 is 27.9 Å². The van der Waals surface area contributed by atoms with Gasteiger partial charge in [0.1, 0.15) is 18.6 Å². The molecule has 0 saturated heterocycles. The third-order valence-corrected chi connectivity index (χ3v) is 3.55. The van der Waals surface area contributed by atoms with Crippen LogP contribution in [0.4, 0.5) is 5.69 Å². The monoisotopic (exact) mass is 365 g/mol. The van der Waals surface area contributed by atoms with Gasteiger partial charge in [-0.3, -0.25) is 14.9 Å². The molecule has 0 bridgehead atoms. The smallest absolute Gasteiger partial charge is 0.311 e. The molecule has 2 aromatic rings. The van der Waals surface area contributed by atoms with Gasteiger partial charge in [0, 0.05) is 11.6 Å². The van der Waals surface area contributed by atoms with Crippen molar-refractivity contribution < 1.29 is 19.2 Å². The fraction of sp³-hybridized carbons (Fsp3) is 0.133. The van der Waals surface area contributed by atoms with E-state index in [4.69, 9.17) is 9.47 Å². The van der Waals surface area contributed by atoms with Crippen LogP contribution in [0.15, 0.2) is 40.9 Å². The predicted molar refractivity (Wildman–Crippen MR) is 83.5 cm³/mol. The van der Waals surface area contributed by atoms with Crippen LogP contribution in [0.2, 0.25) is 0 Å². The van der Waals surface area contributed by atoms with Crippen molar-refractivity contribution in [2.24, 2.45) is 0 Å². The van der Waals surface area contributed by atoms with Gasteiger partial charge < -0.3 is 9.47 Å². The highest BCUT2D eigenvalue weighted by atomic mass is 79.9. The lowest BCUT2D eigenvalue weighted by Gasteiger charge is -2.09. The minimum absolute atomic E-state index is 0.113. The Morgan fingerprint density at radius 1 is 1.23 bits per heavy atom. The second kappa shape index (κ2) is 7.04. The van der Waals surface area contributed by atoms with Gasteiger partial charge in [0.15, 0.2) is 5.75 Å². The lowest BCUT2D eigenvalue weighted by atomic mass is 10.2. The second-order valence-electron chi connectivity index (χ2n) is 4.36. The number of benzene rings is 2. The van der Waals surface area contributed by atoms with Crippen molar-refractivity contribution in [2.75, 3.05) is 7.11 Å². The summed E-state index contributed by atoms with van der Waals surface area (Å²) < 4.78 is 11.4. The number of aldehydes is 1. The quantitative estimate of drug-likeness (QED) is 0.442. The first-order chi connectivity index (χ1) is 10.5. The van der Waals surface area contributed by atoms with Crippen LogP contribution >= 0.6 is 15.9 Å². The second-order valence-corrected chi connectivity index (χ2v) is 5.21. The number of carbonyl (C=O) groups excluding carboxylic acids is 1. The third-order valence-electron chi connectivity index (χ3n) is 2.93. The highest BCUT2D eigenvalue weighted by Gasteiger charge is 2.16. The first kappa shape index (κ1) is 16.0. The molecule has 114 valence electrons. The maximum atomic E-state index is 11.0. The van der Waals surface area contributed by atoms with Gasteiger partial charge in [0.05, 0.1) is 16.5 Å². The summed E-state index contributed by atoms with van der Waals surface area (Å²) in [5.74, 6) is 0.799. The van der Waals surface area contributed by atoms with Crippen LogP contribution in [-0.2, 0) is 6.61 Å². The normalized spacial score (nSPS) is 10.1. The molecular weight excluding hydrogens is 354 g/mol. The molecule has 2 rings (SSSR count). The summed E-state index contributed by atoms with van der Waals surface area (Å²) in [6.45, 7) is 0.157. The number of halogens is 1. The molecule has 0 aliphatic heterocycles. The number of ether oxygens (including phenoxy) is 2. The molecule has 0 N–H and O–H groups in total. The Labute approximate surface area is 134 Å². The molecule has 0 unspecified atom stereocenters. The van der Waals surface area contributed by atoms with Gasteiger partial charge in [-0.15, -0.1) is 0 Å². The average Bonchev–Trinajstić information content (AvgIpc) is 2.52. The SMILES string of the molecule is COc1ccc(COc2ccc(C=O)cc2[N+](=O)[O-])cc1Br. The van der Waals surface area contributed by atoms with E-state index in [1.165, 1.54) is 18.2 Å². The van der Waals surface area contributed by atoms with E-state index in [1.54, 1.807) is 19.2 Å². The molecule has 0 fully saturated rings. The number of carbonyl (C=O) groups is 1. The van der Waals surface area contributed by atoms with Gasteiger partial charge in [-0.1, -0.05) is 6.07 Å². The van der Waals surface area contributed by atoms with Gasteiger partial charge in [-0.2, -0.15) is 0 Å². The number of hydrogen-bond acceptors (Lipinski definition) is 5. The summed E-state index contributed by atoms with van der Waals surface area (Å²) in [7, 11) is 1.56. The average molecular weight is 366 g/mol. The summed E-state index contributed by atoms with van der Waals surface area (Å²) in [5.41, 5.74) is 0.810. The Balaban J connectivity index is 2.19. The summed E-state index contributed by atoms with van der Waals surface area (Å²) in [6.07, 6.45) is 0.553. The molecule has 0 spiro atoms. The molecule has 0 aliphatic rings. The van der Waals surface area contributed by atoms with Crippen molar-refractivity contribution in [2.45, 2.75) is 6.61 Å². The maximum Gasteiger partial charge on any atom is 0.311 e. The number of methoxy groups -OCH3 is 1. The summed E-state index contributed by atoms with van der Waals surface area (Å²) >= 11 is 3.36. The summed E-state index contributed by atoms with van der Waals surface area (Å²) in [5, 5.41) is 11.0. The van der Waals surface area contributed by atoms with Gasteiger partial charge in [0.25, 0.3) is 0 Å². The van der Waals surface area contributed by atoms with Crippen molar-refractivity contribution in [1.29, 1.82) is 0 Å². The fourth-order valence-electron chi connectivity index (χ4n) is 1.83. The van der Waals surface area contributed by atoms with Crippen LogP contribution in [0, 0.1) is 10.1 Å². The van der Waals surface area contributed by atoms with Crippen LogP contribution < -0.4 is 9.47 Å². The van der Waals surface area contributed by atoms with E-state index < -0.39 is 4.92 Å². The third kappa shape index (κ3) is 3.62. The number of nitrogens with zero attached hydrogens (tertiary/aromatic N) is 1. The highest BCUT2D eigenvalue weighted by Crippen LogP contribution is 2.30. The molecule has 7 heteroatoms. The van der Waals surface area contributed by atoms with E-state index in [0.717, 1.165) is 10.0 Å². The number of hydrogen-bond donors (Lipinski definition) is 0. The maximum absolute atomic E-state index is 11.0. The zero-order valence-electron chi connectivity index (χ0n) is 11.6.